The standard InChI is InChI=1S/C11H24N2/c1-3-10(4-2)13-11-7-5-6-8-12-9-11/h10-13H,3-9H2,1-2H3. The molecule has 1 unspecified atom stereocenters. The van der Waals surface area contributed by atoms with Gasteiger partial charge in [-0.1, -0.05) is 20.3 Å². The monoisotopic (exact) mass is 184 g/mol. The SMILES string of the molecule is CCC(CC)NC1CCCCNC1. The summed E-state index contributed by atoms with van der Waals surface area (Å²) in [6, 6.07) is 1.44. The van der Waals surface area contributed by atoms with Crippen LogP contribution in [0.3, 0.4) is 0 Å². The van der Waals surface area contributed by atoms with Crippen molar-refractivity contribution in [2.24, 2.45) is 0 Å². The summed E-state index contributed by atoms with van der Waals surface area (Å²) in [6.45, 7) is 6.91. The van der Waals surface area contributed by atoms with Gasteiger partial charge in [0.25, 0.3) is 0 Å². The molecule has 1 atom stereocenters. The Labute approximate surface area is 82.5 Å². The van der Waals surface area contributed by atoms with Crippen LogP contribution in [0, 0.1) is 0 Å². The predicted octanol–water partition coefficient (Wildman–Crippen LogP) is 1.91. The minimum absolute atomic E-state index is 0.715. The van der Waals surface area contributed by atoms with Gasteiger partial charge >= 0.3 is 0 Å². The van der Waals surface area contributed by atoms with Gasteiger partial charge in [-0.3, -0.25) is 0 Å². The van der Waals surface area contributed by atoms with Crippen LogP contribution in [0.5, 0.6) is 0 Å². The molecule has 1 saturated heterocycles. The lowest BCUT2D eigenvalue weighted by Gasteiger charge is -2.22. The summed E-state index contributed by atoms with van der Waals surface area (Å²) < 4.78 is 0. The van der Waals surface area contributed by atoms with Gasteiger partial charge in [-0.05, 0) is 32.2 Å². The maximum Gasteiger partial charge on any atom is 0.0195 e. The molecule has 1 rings (SSSR count). The third-order valence-corrected chi connectivity index (χ3v) is 3.00. The molecule has 0 aromatic heterocycles. The van der Waals surface area contributed by atoms with Crippen molar-refractivity contribution < 1.29 is 0 Å². The number of hydrogen-bond donors (Lipinski definition) is 2. The van der Waals surface area contributed by atoms with Crippen LogP contribution >= 0.6 is 0 Å². The van der Waals surface area contributed by atoms with E-state index in [-0.39, 0.29) is 0 Å². The highest BCUT2D eigenvalue weighted by Gasteiger charge is 2.14. The maximum atomic E-state index is 3.73. The van der Waals surface area contributed by atoms with Crippen molar-refractivity contribution in [1.82, 2.24) is 10.6 Å². The second-order valence-corrected chi connectivity index (χ2v) is 4.08. The zero-order chi connectivity index (χ0) is 9.52. The van der Waals surface area contributed by atoms with E-state index in [9.17, 15) is 0 Å². The van der Waals surface area contributed by atoms with Crippen molar-refractivity contribution >= 4 is 0 Å². The fourth-order valence-electron chi connectivity index (χ4n) is 2.02. The number of hydrogen-bond acceptors (Lipinski definition) is 2. The quantitative estimate of drug-likeness (QED) is 0.697. The Hall–Kier alpha value is -0.0800. The fourth-order valence-corrected chi connectivity index (χ4v) is 2.02. The molecule has 0 aromatic rings. The average molecular weight is 184 g/mol. The van der Waals surface area contributed by atoms with Crippen LogP contribution in [-0.2, 0) is 0 Å². The lowest BCUT2D eigenvalue weighted by atomic mass is 10.1. The van der Waals surface area contributed by atoms with Crippen LogP contribution in [-0.4, -0.2) is 25.2 Å². The second kappa shape index (κ2) is 6.39. The summed E-state index contributed by atoms with van der Waals surface area (Å²) in [4.78, 5) is 0. The topological polar surface area (TPSA) is 24.1 Å². The van der Waals surface area contributed by atoms with Crippen molar-refractivity contribution in [2.75, 3.05) is 13.1 Å². The van der Waals surface area contributed by atoms with E-state index >= 15 is 0 Å². The van der Waals surface area contributed by atoms with Gasteiger partial charge < -0.3 is 10.6 Å². The van der Waals surface area contributed by atoms with Crippen LogP contribution in [0.4, 0.5) is 0 Å². The van der Waals surface area contributed by atoms with Crippen molar-refractivity contribution in [1.29, 1.82) is 0 Å². The Morgan fingerprint density at radius 1 is 1.31 bits per heavy atom. The van der Waals surface area contributed by atoms with Gasteiger partial charge in [0.05, 0.1) is 0 Å². The van der Waals surface area contributed by atoms with Crippen molar-refractivity contribution in [3.63, 3.8) is 0 Å². The molecule has 0 radical (unpaired) electrons. The first-order valence-electron chi connectivity index (χ1n) is 5.83. The van der Waals surface area contributed by atoms with E-state index in [1.54, 1.807) is 0 Å². The first kappa shape index (κ1) is 11.0. The molecule has 13 heavy (non-hydrogen) atoms. The minimum Gasteiger partial charge on any atom is -0.315 e. The highest BCUT2D eigenvalue weighted by atomic mass is 15.0. The molecule has 0 bridgehead atoms. The predicted molar refractivity (Wildman–Crippen MR) is 58.0 cm³/mol. The molecule has 0 spiro atoms. The summed E-state index contributed by atoms with van der Waals surface area (Å²) >= 11 is 0. The van der Waals surface area contributed by atoms with Gasteiger partial charge in [0.2, 0.25) is 0 Å². The second-order valence-electron chi connectivity index (χ2n) is 4.08. The first-order valence-corrected chi connectivity index (χ1v) is 5.83. The van der Waals surface area contributed by atoms with Crippen LogP contribution < -0.4 is 10.6 Å². The van der Waals surface area contributed by atoms with E-state index in [1.165, 1.54) is 38.6 Å². The Balaban J connectivity index is 2.24. The van der Waals surface area contributed by atoms with Gasteiger partial charge in [0.1, 0.15) is 0 Å². The third kappa shape index (κ3) is 4.10. The van der Waals surface area contributed by atoms with Gasteiger partial charge in [-0.15, -0.1) is 0 Å². The summed E-state index contributed by atoms with van der Waals surface area (Å²) in [6.07, 6.45) is 6.59. The molecule has 1 aliphatic rings. The largest absolute Gasteiger partial charge is 0.315 e. The molecule has 1 aliphatic heterocycles. The zero-order valence-electron chi connectivity index (χ0n) is 9.10. The Morgan fingerprint density at radius 3 is 2.77 bits per heavy atom. The maximum absolute atomic E-state index is 3.73. The molecular formula is C11H24N2. The van der Waals surface area contributed by atoms with E-state index < -0.39 is 0 Å². The van der Waals surface area contributed by atoms with Crippen LogP contribution in [0.25, 0.3) is 0 Å². The van der Waals surface area contributed by atoms with Crippen LogP contribution in [0.15, 0.2) is 0 Å². The first-order chi connectivity index (χ1) is 6.36. The highest BCUT2D eigenvalue weighted by Crippen LogP contribution is 2.07. The van der Waals surface area contributed by atoms with Crippen LogP contribution in [0.2, 0.25) is 0 Å². The zero-order valence-corrected chi connectivity index (χ0v) is 9.10. The van der Waals surface area contributed by atoms with Crippen LogP contribution in [0.1, 0.15) is 46.0 Å². The van der Waals surface area contributed by atoms with E-state index in [4.69, 9.17) is 0 Å². The lowest BCUT2D eigenvalue weighted by Crippen LogP contribution is -2.42. The molecule has 0 amide bonds. The highest BCUT2D eigenvalue weighted by molar-refractivity contribution is 4.77. The van der Waals surface area contributed by atoms with Crippen molar-refractivity contribution in [3.8, 4) is 0 Å². The molecule has 2 N–H and O–H groups in total. The lowest BCUT2D eigenvalue weighted by molar-refractivity contribution is 0.388. The molecule has 2 heteroatoms. The third-order valence-electron chi connectivity index (χ3n) is 3.00. The summed E-state index contributed by atoms with van der Waals surface area (Å²) in [5.74, 6) is 0. The van der Waals surface area contributed by atoms with E-state index in [1.807, 2.05) is 0 Å². The molecule has 1 heterocycles. The van der Waals surface area contributed by atoms with Gasteiger partial charge in [0, 0.05) is 18.6 Å². The number of nitrogens with one attached hydrogen (secondary N) is 2. The Bertz CT molecular complexity index is 113. The van der Waals surface area contributed by atoms with E-state index in [2.05, 4.69) is 24.5 Å². The molecule has 0 saturated carbocycles. The molecule has 0 aliphatic carbocycles. The Morgan fingerprint density at radius 2 is 2.08 bits per heavy atom. The fraction of sp³-hybridized carbons (Fsp3) is 1.00. The molecular weight excluding hydrogens is 160 g/mol. The summed E-state index contributed by atoms with van der Waals surface area (Å²) in [5, 5.41) is 7.22. The van der Waals surface area contributed by atoms with Gasteiger partial charge in [-0.25, -0.2) is 0 Å². The molecule has 0 aromatic carbocycles. The average Bonchev–Trinajstić information content (AvgIpc) is 2.42. The minimum atomic E-state index is 0.715. The summed E-state index contributed by atoms with van der Waals surface area (Å²) in [7, 11) is 0. The van der Waals surface area contributed by atoms with Gasteiger partial charge in [0.15, 0.2) is 0 Å². The van der Waals surface area contributed by atoms with E-state index in [0.29, 0.717) is 6.04 Å². The molecule has 1 fully saturated rings. The Kier molecular flexibility index (Phi) is 5.40. The molecule has 78 valence electrons. The van der Waals surface area contributed by atoms with Crippen molar-refractivity contribution in [2.45, 2.75) is 58.0 Å². The molecule has 2 nitrogen and oxygen atoms in total. The van der Waals surface area contributed by atoms with Gasteiger partial charge in [-0.2, -0.15) is 0 Å². The normalized spacial score (nSPS) is 24.7. The van der Waals surface area contributed by atoms with Crippen molar-refractivity contribution in [3.05, 3.63) is 0 Å². The number of rotatable bonds is 4. The smallest absolute Gasteiger partial charge is 0.0195 e. The van der Waals surface area contributed by atoms with E-state index in [0.717, 1.165) is 12.6 Å². The summed E-state index contributed by atoms with van der Waals surface area (Å²) in [5.41, 5.74) is 0.